The van der Waals surface area contributed by atoms with Crippen molar-refractivity contribution in [2.24, 2.45) is 0 Å². The van der Waals surface area contributed by atoms with E-state index < -0.39 is 0 Å². The van der Waals surface area contributed by atoms with E-state index in [1.807, 2.05) is 42.5 Å². The van der Waals surface area contributed by atoms with Crippen LogP contribution in [0.15, 0.2) is 54.9 Å². The van der Waals surface area contributed by atoms with E-state index in [1.165, 1.54) is 5.56 Å². The highest BCUT2D eigenvalue weighted by atomic mass is 14.6. The molecule has 84 valence electrons. The Hall–Kier alpha value is -2.14. The van der Waals surface area contributed by atoms with Gasteiger partial charge in [0, 0.05) is 12.4 Å². The van der Waals surface area contributed by atoms with E-state index in [-0.39, 0.29) is 5.92 Å². The van der Waals surface area contributed by atoms with Crippen LogP contribution in [0.2, 0.25) is 0 Å². The van der Waals surface area contributed by atoms with E-state index in [4.69, 9.17) is 0 Å². The van der Waals surface area contributed by atoms with Gasteiger partial charge in [-0.2, -0.15) is 5.26 Å². The molecule has 0 unspecified atom stereocenters. The third kappa shape index (κ3) is 3.15. The van der Waals surface area contributed by atoms with E-state index in [0.717, 1.165) is 18.4 Å². The molecule has 0 amide bonds. The second kappa shape index (κ2) is 5.81. The quantitative estimate of drug-likeness (QED) is 0.795. The van der Waals surface area contributed by atoms with E-state index in [9.17, 15) is 5.26 Å². The smallest absolute Gasteiger partial charge is 0.0715 e. The summed E-state index contributed by atoms with van der Waals surface area (Å²) in [6.07, 6.45) is 5.35. The van der Waals surface area contributed by atoms with E-state index >= 15 is 0 Å². The third-order valence-electron chi connectivity index (χ3n) is 2.83. The predicted octanol–water partition coefficient (Wildman–Crippen LogP) is 3.32. The highest BCUT2D eigenvalue weighted by Crippen LogP contribution is 2.20. The van der Waals surface area contributed by atoms with Gasteiger partial charge in [-0.15, -0.1) is 0 Å². The second-order valence-electron chi connectivity index (χ2n) is 3.99. The maximum Gasteiger partial charge on any atom is 0.0715 e. The first-order valence-electron chi connectivity index (χ1n) is 5.73. The first-order chi connectivity index (χ1) is 8.40. The van der Waals surface area contributed by atoms with Gasteiger partial charge in [-0.3, -0.25) is 4.98 Å². The van der Waals surface area contributed by atoms with Crippen molar-refractivity contribution < 1.29 is 0 Å². The van der Waals surface area contributed by atoms with E-state index in [2.05, 4.69) is 11.1 Å². The minimum absolute atomic E-state index is 0.0237. The van der Waals surface area contributed by atoms with Crippen molar-refractivity contribution in [3.63, 3.8) is 0 Å². The monoisotopic (exact) mass is 222 g/mol. The van der Waals surface area contributed by atoms with Gasteiger partial charge in [0.1, 0.15) is 0 Å². The molecule has 2 rings (SSSR count). The molecule has 17 heavy (non-hydrogen) atoms. The molecule has 2 nitrogen and oxygen atoms in total. The molecule has 1 heterocycles. The molecule has 1 aromatic carbocycles. The average molecular weight is 222 g/mol. The van der Waals surface area contributed by atoms with Gasteiger partial charge in [-0.25, -0.2) is 0 Å². The van der Waals surface area contributed by atoms with Gasteiger partial charge in [-0.05, 0) is 36.1 Å². The van der Waals surface area contributed by atoms with Crippen LogP contribution in [0.1, 0.15) is 23.5 Å². The van der Waals surface area contributed by atoms with Crippen LogP contribution in [0.25, 0.3) is 0 Å². The number of hydrogen-bond donors (Lipinski definition) is 0. The Morgan fingerprint density at radius 2 is 1.76 bits per heavy atom. The van der Waals surface area contributed by atoms with Crippen LogP contribution in [0.3, 0.4) is 0 Å². The molecule has 2 aromatic rings. The van der Waals surface area contributed by atoms with Crippen LogP contribution in [0, 0.1) is 11.3 Å². The zero-order valence-electron chi connectivity index (χ0n) is 9.58. The normalized spacial score (nSPS) is 11.7. The molecule has 0 bridgehead atoms. The highest BCUT2D eigenvalue weighted by molar-refractivity contribution is 5.25. The first kappa shape index (κ1) is 11.3. The zero-order chi connectivity index (χ0) is 11.9. The summed E-state index contributed by atoms with van der Waals surface area (Å²) in [4.78, 5) is 3.99. The number of aromatic nitrogens is 1. The average Bonchev–Trinajstić information content (AvgIpc) is 2.42. The zero-order valence-corrected chi connectivity index (χ0v) is 9.58. The topological polar surface area (TPSA) is 36.7 Å². The Morgan fingerprint density at radius 1 is 1.06 bits per heavy atom. The summed E-state index contributed by atoms with van der Waals surface area (Å²) in [6, 6.07) is 16.3. The molecular formula is C15H14N2. The highest BCUT2D eigenvalue weighted by Gasteiger charge is 2.09. The largest absolute Gasteiger partial charge is 0.265 e. The van der Waals surface area contributed by atoms with Gasteiger partial charge in [0.2, 0.25) is 0 Å². The molecule has 0 saturated carbocycles. The van der Waals surface area contributed by atoms with Gasteiger partial charge < -0.3 is 0 Å². The fourth-order valence-electron chi connectivity index (χ4n) is 1.85. The van der Waals surface area contributed by atoms with Crippen LogP contribution in [0.5, 0.6) is 0 Å². The maximum absolute atomic E-state index is 9.20. The summed E-state index contributed by atoms with van der Waals surface area (Å²) in [5.74, 6) is -0.0237. The van der Waals surface area contributed by atoms with Gasteiger partial charge >= 0.3 is 0 Å². The maximum atomic E-state index is 9.20. The molecule has 0 N–H and O–H groups in total. The number of rotatable bonds is 4. The molecule has 0 fully saturated rings. The lowest BCUT2D eigenvalue weighted by atomic mass is 9.94. The molecule has 0 aliphatic heterocycles. The van der Waals surface area contributed by atoms with Gasteiger partial charge in [0.05, 0.1) is 12.0 Å². The van der Waals surface area contributed by atoms with Crippen molar-refractivity contribution in [1.82, 2.24) is 4.98 Å². The lowest BCUT2D eigenvalue weighted by Gasteiger charge is -2.08. The van der Waals surface area contributed by atoms with E-state index in [0.29, 0.717) is 0 Å². The summed E-state index contributed by atoms with van der Waals surface area (Å²) < 4.78 is 0. The molecule has 1 atom stereocenters. The molecule has 0 aliphatic rings. The Bertz CT molecular complexity index is 485. The van der Waals surface area contributed by atoms with Crippen LogP contribution >= 0.6 is 0 Å². The molecule has 2 heteroatoms. The fraction of sp³-hybridized carbons (Fsp3) is 0.200. The minimum atomic E-state index is -0.0237. The number of pyridine rings is 1. The SMILES string of the molecule is N#C[C@H](CCc1ccncc1)c1ccccc1. The number of hydrogen-bond acceptors (Lipinski definition) is 2. The third-order valence-corrected chi connectivity index (χ3v) is 2.83. The van der Waals surface area contributed by atoms with Crippen LogP contribution in [0.4, 0.5) is 0 Å². The number of aryl methyl sites for hydroxylation is 1. The number of nitriles is 1. The molecule has 0 radical (unpaired) electrons. The van der Waals surface area contributed by atoms with Crippen LogP contribution in [-0.4, -0.2) is 4.98 Å². The molecule has 1 aromatic heterocycles. The fourth-order valence-corrected chi connectivity index (χ4v) is 1.85. The van der Waals surface area contributed by atoms with Crippen molar-refractivity contribution in [1.29, 1.82) is 5.26 Å². The van der Waals surface area contributed by atoms with Crippen molar-refractivity contribution in [2.75, 3.05) is 0 Å². The molecule has 0 aliphatic carbocycles. The Balaban J connectivity index is 2.01. The van der Waals surface area contributed by atoms with Crippen LogP contribution < -0.4 is 0 Å². The summed E-state index contributed by atoms with van der Waals surface area (Å²) in [7, 11) is 0. The Kier molecular flexibility index (Phi) is 3.88. The van der Waals surface area contributed by atoms with Crippen molar-refractivity contribution in [2.45, 2.75) is 18.8 Å². The summed E-state index contributed by atoms with van der Waals surface area (Å²) in [5, 5.41) is 9.20. The summed E-state index contributed by atoms with van der Waals surface area (Å²) >= 11 is 0. The van der Waals surface area contributed by atoms with Crippen molar-refractivity contribution in [3.8, 4) is 6.07 Å². The lowest BCUT2D eigenvalue weighted by Crippen LogP contribution is -1.98. The van der Waals surface area contributed by atoms with Crippen molar-refractivity contribution in [3.05, 3.63) is 66.0 Å². The predicted molar refractivity (Wildman–Crippen MR) is 67.4 cm³/mol. The van der Waals surface area contributed by atoms with Gasteiger partial charge in [-0.1, -0.05) is 30.3 Å². The van der Waals surface area contributed by atoms with Gasteiger partial charge in [0.15, 0.2) is 0 Å². The molecule has 0 saturated heterocycles. The molecule has 0 spiro atoms. The number of nitrogens with zero attached hydrogens (tertiary/aromatic N) is 2. The second-order valence-corrected chi connectivity index (χ2v) is 3.99. The van der Waals surface area contributed by atoms with Gasteiger partial charge in [0.25, 0.3) is 0 Å². The summed E-state index contributed by atoms with van der Waals surface area (Å²) in [6.45, 7) is 0. The van der Waals surface area contributed by atoms with Crippen LogP contribution in [-0.2, 0) is 6.42 Å². The van der Waals surface area contributed by atoms with Crippen molar-refractivity contribution >= 4 is 0 Å². The minimum Gasteiger partial charge on any atom is -0.265 e. The first-order valence-corrected chi connectivity index (χ1v) is 5.73. The van der Waals surface area contributed by atoms with E-state index in [1.54, 1.807) is 12.4 Å². The standard InChI is InChI=1S/C15H14N2/c16-12-15(14-4-2-1-3-5-14)7-6-13-8-10-17-11-9-13/h1-5,8-11,15H,6-7H2/t15-/m0/s1. The Morgan fingerprint density at radius 3 is 2.41 bits per heavy atom. The lowest BCUT2D eigenvalue weighted by molar-refractivity contribution is 0.745. The Labute approximate surface area is 102 Å². The number of benzene rings is 1. The summed E-state index contributed by atoms with van der Waals surface area (Å²) in [5.41, 5.74) is 2.33. The molecular weight excluding hydrogens is 208 g/mol.